The molecular weight excluding hydrogens is 214 g/mol. The standard InChI is InChI=1S/C14H17NS/c1-2-7-14-13(6-1)11(10-16-14)8-9-15-12-4-3-5-12/h1-2,6-7,10,12,15H,3-5,8-9H2. The summed E-state index contributed by atoms with van der Waals surface area (Å²) in [6, 6.07) is 9.52. The minimum Gasteiger partial charge on any atom is -0.314 e. The molecule has 0 bridgehead atoms. The first kappa shape index (κ1) is 10.3. The molecule has 0 aliphatic heterocycles. The lowest BCUT2D eigenvalue weighted by Crippen LogP contribution is -2.36. The van der Waals surface area contributed by atoms with Gasteiger partial charge in [-0.3, -0.25) is 0 Å². The zero-order valence-corrected chi connectivity index (χ0v) is 10.2. The fourth-order valence-electron chi connectivity index (χ4n) is 2.25. The molecule has 1 fully saturated rings. The van der Waals surface area contributed by atoms with Crippen LogP contribution in [0.1, 0.15) is 24.8 Å². The molecule has 1 aliphatic carbocycles. The van der Waals surface area contributed by atoms with Crippen molar-refractivity contribution < 1.29 is 0 Å². The molecule has 1 heterocycles. The van der Waals surface area contributed by atoms with E-state index in [1.54, 1.807) is 0 Å². The van der Waals surface area contributed by atoms with Crippen molar-refractivity contribution in [1.29, 1.82) is 0 Å². The minimum atomic E-state index is 0.810. The van der Waals surface area contributed by atoms with Gasteiger partial charge in [0.25, 0.3) is 0 Å². The van der Waals surface area contributed by atoms with Gasteiger partial charge < -0.3 is 5.32 Å². The molecule has 1 N–H and O–H groups in total. The normalized spacial score (nSPS) is 16.5. The maximum atomic E-state index is 3.63. The van der Waals surface area contributed by atoms with E-state index < -0.39 is 0 Å². The van der Waals surface area contributed by atoms with Gasteiger partial charge in [0, 0.05) is 10.7 Å². The van der Waals surface area contributed by atoms with Crippen molar-refractivity contribution in [3.8, 4) is 0 Å². The zero-order valence-electron chi connectivity index (χ0n) is 9.41. The summed E-state index contributed by atoms with van der Waals surface area (Å²) >= 11 is 1.86. The third kappa shape index (κ3) is 2.00. The monoisotopic (exact) mass is 231 g/mol. The Morgan fingerprint density at radius 2 is 2.12 bits per heavy atom. The SMILES string of the molecule is c1ccc2c(CCNC3CCC3)csc2c1. The molecule has 0 saturated heterocycles. The molecule has 2 aromatic rings. The number of nitrogens with one attached hydrogen (secondary N) is 1. The van der Waals surface area contributed by atoms with E-state index in [0.29, 0.717) is 0 Å². The van der Waals surface area contributed by atoms with Crippen molar-refractivity contribution in [2.24, 2.45) is 0 Å². The summed E-state index contributed by atoms with van der Waals surface area (Å²) in [5.41, 5.74) is 1.51. The second-order valence-electron chi connectivity index (χ2n) is 4.59. The predicted octanol–water partition coefficient (Wildman–Crippen LogP) is 3.59. The van der Waals surface area contributed by atoms with Gasteiger partial charge in [0.2, 0.25) is 0 Å². The lowest BCUT2D eigenvalue weighted by atomic mass is 9.93. The van der Waals surface area contributed by atoms with E-state index in [-0.39, 0.29) is 0 Å². The third-order valence-electron chi connectivity index (χ3n) is 3.49. The Morgan fingerprint density at radius 3 is 2.94 bits per heavy atom. The molecule has 0 amide bonds. The van der Waals surface area contributed by atoms with Gasteiger partial charge in [-0.05, 0) is 48.2 Å². The maximum absolute atomic E-state index is 3.63. The summed E-state index contributed by atoms with van der Waals surface area (Å²) in [5, 5.41) is 7.39. The van der Waals surface area contributed by atoms with E-state index in [1.807, 2.05) is 11.3 Å². The van der Waals surface area contributed by atoms with E-state index in [2.05, 4.69) is 35.0 Å². The largest absolute Gasteiger partial charge is 0.314 e. The van der Waals surface area contributed by atoms with E-state index in [0.717, 1.165) is 12.6 Å². The van der Waals surface area contributed by atoms with Crippen LogP contribution in [0.2, 0.25) is 0 Å². The quantitative estimate of drug-likeness (QED) is 0.848. The third-order valence-corrected chi connectivity index (χ3v) is 4.51. The molecule has 2 heteroatoms. The highest BCUT2D eigenvalue weighted by molar-refractivity contribution is 7.17. The molecule has 1 nitrogen and oxygen atoms in total. The molecule has 1 aromatic heterocycles. The lowest BCUT2D eigenvalue weighted by Gasteiger charge is -2.26. The van der Waals surface area contributed by atoms with Gasteiger partial charge in [-0.25, -0.2) is 0 Å². The van der Waals surface area contributed by atoms with Gasteiger partial charge in [-0.15, -0.1) is 11.3 Å². The number of hydrogen-bond acceptors (Lipinski definition) is 2. The van der Waals surface area contributed by atoms with E-state index >= 15 is 0 Å². The summed E-state index contributed by atoms with van der Waals surface area (Å²) < 4.78 is 1.42. The summed E-state index contributed by atoms with van der Waals surface area (Å²) in [6.07, 6.45) is 5.34. The summed E-state index contributed by atoms with van der Waals surface area (Å²) in [7, 11) is 0. The maximum Gasteiger partial charge on any atom is 0.0345 e. The average Bonchev–Trinajstić information content (AvgIpc) is 2.65. The van der Waals surface area contributed by atoms with Crippen LogP contribution >= 0.6 is 11.3 Å². The van der Waals surface area contributed by atoms with Gasteiger partial charge in [-0.1, -0.05) is 24.6 Å². The molecule has 0 radical (unpaired) electrons. The summed E-state index contributed by atoms with van der Waals surface area (Å²) in [4.78, 5) is 0. The lowest BCUT2D eigenvalue weighted by molar-refractivity contribution is 0.342. The van der Waals surface area contributed by atoms with Gasteiger partial charge in [0.15, 0.2) is 0 Å². The molecule has 3 rings (SSSR count). The molecule has 1 aliphatic rings. The Labute approximate surface area is 100 Å². The predicted molar refractivity (Wildman–Crippen MR) is 71.2 cm³/mol. The van der Waals surface area contributed by atoms with Crippen molar-refractivity contribution in [3.63, 3.8) is 0 Å². The van der Waals surface area contributed by atoms with E-state index in [4.69, 9.17) is 0 Å². The average molecular weight is 231 g/mol. The number of rotatable bonds is 4. The molecular formula is C14H17NS. The molecule has 1 saturated carbocycles. The zero-order chi connectivity index (χ0) is 10.8. The first-order valence-corrected chi connectivity index (χ1v) is 7.00. The molecule has 16 heavy (non-hydrogen) atoms. The van der Waals surface area contributed by atoms with Crippen molar-refractivity contribution in [2.45, 2.75) is 31.7 Å². The highest BCUT2D eigenvalue weighted by Crippen LogP contribution is 2.26. The second kappa shape index (κ2) is 4.56. The smallest absolute Gasteiger partial charge is 0.0345 e. The Balaban J connectivity index is 1.64. The first-order valence-electron chi connectivity index (χ1n) is 6.12. The van der Waals surface area contributed by atoms with E-state index in [1.165, 1.54) is 41.3 Å². The fourth-order valence-corrected chi connectivity index (χ4v) is 3.25. The Bertz CT molecular complexity index is 470. The second-order valence-corrected chi connectivity index (χ2v) is 5.50. The molecule has 84 valence electrons. The van der Waals surface area contributed by atoms with Crippen molar-refractivity contribution in [2.75, 3.05) is 6.54 Å². The summed E-state index contributed by atoms with van der Waals surface area (Å²) in [5.74, 6) is 0. The minimum absolute atomic E-state index is 0.810. The van der Waals surface area contributed by atoms with Gasteiger partial charge in [-0.2, -0.15) is 0 Å². The van der Waals surface area contributed by atoms with Crippen LogP contribution in [0.4, 0.5) is 0 Å². The number of thiophene rings is 1. The highest BCUT2D eigenvalue weighted by atomic mass is 32.1. The summed E-state index contributed by atoms with van der Waals surface area (Å²) in [6.45, 7) is 1.13. The van der Waals surface area contributed by atoms with Crippen molar-refractivity contribution in [3.05, 3.63) is 35.2 Å². The van der Waals surface area contributed by atoms with Crippen LogP contribution < -0.4 is 5.32 Å². The molecule has 0 spiro atoms. The van der Waals surface area contributed by atoms with Crippen LogP contribution in [0.15, 0.2) is 29.6 Å². The Kier molecular flexibility index (Phi) is 2.94. The van der Waals surface area contributed by atoms with Gasteiger partial charge in [0.1, 0.15) is 0 Å². The highest BCUT2D eigenvalue weighted by Gasteiger charge is 2.15. The van der Waals surface area contributed by atoms with Crippen LogP contribution in [0.5, 0.6) is 0 Å². The van der Waals surface area contributed by atoms with Crippen LogP contribution in [-0.4, -0.2) is 12.6 Å². The number of fused-ring (bicyclic) bond motifs is 1. The van der Waals surface area contributed by atoms with Gasteiger partial charge in [0.05, 0.1) is 0 Å². The first-order chi connectivity index (χ1) is 7.93. The van der Waals surface area contributed by atoms with Crippen LogP contribution in [0.3, 0.4) is 0 Å². The van der Waals surface area contributed by atoms with Gasteiger partial charge >= 0.3 is 0 Å². The Hall–Kier alpha value is -0.860. The van der Waals surface area contributed by atoms with E-state index in [9.17, 15) is 0 Å². The number of benzene rings is 1. The van der Waals surface area contributed by atoms with Crippen LogP contribution in [-0.2, 0) is 6.42 Å². The fraction of sp³-hybridized carbons (Fsp3) is 0.429. The Morgan fingerprint density at radius 1 is 1.25 bits per heavy atom. The molecule has 1 aromatic carbocycles. The molecule has 0 atom stereocenters. The number of hydrogen-bond donors (Lipinski definition) is 1. The molecule has 0 unspecified atom stereocenters. The van der Waals surface area contributed by atoms with Crippen molar-refractivity contribution >= 4 is 21.4 Å². The topological polar surface area (TPSA) is 12.0 Å². The van der Waals surface area contributed by atoms with Crippen LogP contribution in [0, 0.1) is 0 Å². The van der Waals surface area contributed by atoms with Crippen LogP contribution in [0.25, 0.3) is 10.1 Å². The van der Waals surface area contributed by atoms with Crippen molar-refractivity contribution in [1.82, 2.24) is 5.32 Å².